The number of benzene rings is 2. The number of ketones is 1. The molecule has 2 rings (SSSR count). The summed E-state index contributed by atoms with van der Waals surface area (Å²) in [7, 11) is 4.27. The Balaban J connectivity index is 2.61. The van der Waals surface area contributed by atoms with Crippen LogP contribution in [0.3, 0.4) is 0 Å². The first-order valence-electron chi connectivity index (χ1n) is 8.04. The maximum absolute atomic E-state index is 13.0. The number of carbonyl (C=O) groups is 1. The molecule has 0 spiro atoms. The molecule has 2 heteroatoms. The van der Waals surface area contributed by atoms with E-state index >= 15 is 0 Å². The molecule has 0 aliphatic carbocycles. The van der Waals surface area contributed by atoms with Crippen molar-refractivity contribution < 1.29 is 9.69 Å². The van der Waals surface area contributed by atoms with Crippen LogP contribution in [0.25, 0.3) is 0 Å². The van der Waals surface area contributed by atoms with Crippen molar-refractivity contribution in [1.82, 2.24) is 0 Å². The topological polar surface area (TPSA) is 21.5 Å². The van der Waals surface area contributed by atoms with Gasteiger partial charge in [0.2, 0.25) is 0 Å². The summed E-state index contributed by atoms with van der Waals surface area (Å²) in [5.74, 6) is 0.297. The number of quaternary nitrogens is 1. The molecule has 0 bridgehead atoms. The maximum atomic E-state index is 13.0. The summed E-state index contributed by atoms with van der Waals surface area (Å²) in [6.45, 7) is 2.92. The van der Waals surface area contributed by atoms with Crippen LogP contribution in [0.2, 0.25) is 0 Å². The second-order valence-electron chi connectivity index (χ2n) is 6.12. The lowest BCUT2D eigenvalue weighted by molar-refractivity contribution is -0.858. The van der Waals surface area contributed by atoms with E-state index in [9.17, 15) is 4.79 Å². The Bertz CT molecular complexity index is 550. The van der Waals surface area contributed by atoms with Crippen molar-refractivity contribution in [2.45, 2.75) is 25.2 Å². The van der Waals surface area contributed by atoms with Crippen molar-refractivity contribution in [3.05, 3.63) is 71.8 Å². The minimum Gasteiger partial charge on any atom is -0.340 e. The molecule has 0 saturated carbocycles. The van der Waals surface area contributed by atoms with Crippen LogP contribution in [0, 0.1) is 0 Å². The molecule has 0 aliphatic rings. The smallest absolute Gasteiger partial charge is 0.147 e. The molecule has 0 unspecified atom stereocenters. The standard InChI is InChI=1S/C20H25NO/c1-4-19(22)20(15-16-21(2)3,17-11-7-5-8-12-17)18-13-9-6-10-14-18/h5-14H,4,15-16H2,1-3H3/p+1. The lowest BCUT2D eigenvalue weighted by Crippen LogP contribution is -3.05. The Morgan fingerprint density at radius 3 is 1.73 bits per heavy atom. The molecule has 1 N–H and O–H groups in total. The number of Topliss-reactive ketones (excluding diaryl/α,β-unsaturated/α-hetero) is 1. The molecule has 0 amide bonds. The van der Waals surface area contributed by atoms with E-state index in [2.05, 4.69) is 38.4 Å². The van der Waals surface area contributed by atoms with Crippen molar-refractivity contribution in [3.8, 4) is 0 Å². The minimum atomic E-state index is -0.533. The van der Waals surface area contributed by atoms with Crippen molar-refractivity contribution in [2.24, 2.45) is 0 Å². The Morgan fingerprint density at radius 1 is 0.909 bits per heavy atom. The van der Waals surface area contributed by atoms with Crippen LogP contribution in [0.4, 0.5) is 0 Å². The molecule has 0 aromatic heterocycles. The van der Waals surface area contributed by atoms with Crippen LogP contribution in [0.5, 0.6) is 0 Å². The van der Waals surface area contributed by atoms with E-state index in [1.165, 1.54) is 4.90 Å². The third-order valence-corrected chi connectivity index (χ3v) is 4.33. The fraction of sp³-hybridized carbons (Fsp3) is 0.350. The predicted molar refractivity (Wildman–Crippen MR) is 91.3 cm³/mol. The first-order valence-corrected chi connectivity index (χ1v) is 8.04. The van der Waals surface area contributed by atoms with Gasteiger partial charge in [0.1, 0.15) is 5.78 Å². The van der Waals surface area contributed by atoms with Crippen LogP contribution < -0.4 is 4.90 Å². The highest BCUT2D eigenvalue weighted by molar-refractivity contribution is 5.93. The second-order valence-corrected chi connectivity index (χ2v) is 6.12. The van der Waals surface area contributed by atoms with Gasteiger partial charge in [-0.2, -0.15) is 0 Å². The van der Waals surface area contributed by atoms with Crippen LogP contribution in [-0.2, 0) is 10.2 Å². The molecule has 0 saturated heterocycles. The summed E-state index contributed by atoms with van der Waals surface area (Å²) in [6.07, 6.45) is 1.38. The molecule has 2 aromatic rings. The van der Waals surface area contributed by atoms with E-state index in [1.54, 1.807) is 0 Å². The summed E-state index contributed by atoms with van der Waals surface area (Å²) in [4.78, 5) is 14.4. The van der Waals surface area contributed by atoms with Crippen LogP contribution in [0.15, 0.2) is 60.7 Å². The summed E-state index contributed by atoms with van der Waals surface area (Å²) in [6, 6.07) is 20.5. The van der Waals surface area contributed by atoms with E-state index in [0.29, 0.717) is 12.2 Å². The number of hydrogen-bond acceptors (Lipinski definition) is 1. The fourth-order valence-corrected chi connectivity index (χ4v) is 3.10. The molecule has 22 heavy (non-hydrogen) atoms. The van der Waals surface area contributed by atoms with Gasteiger partial charge in [-0.3, -0.25) is 4.79 Å². The molecule has 0 atom stereocenters. The highest BCUT2D eigenvalue weighted by Crippen LogP contribution is 2.37. The van der Waals surface area contributed by atoms with Crippen molar-refractivity contribution >= 4 is 5.78 Å². The Kier molecular flexibility index (Phi) is 5.51. The first kappa shape index (κ1) is 16.4. The molecule has 2 aromatic carbocycles. The van der Waals surface area contributed by atoms with Gasteiger partial charge in [-0.1, -0.05) is 67.6 Å². The number of hydrogen-bond donors (Lipinski definition) is 1. The van der Waals surface area contributed by atoms with E-state index < -0.39 is 5.41 Å². The average molecular weight is 296 g/mol. The normalized spacial score (nSPS) is 11.6. The first-order chi connectivity index (χ1) is 10.6. The monoisotopic (exact) mass is 296 g/mol. The fourth-order valence-electron chi connectivity index (χ4n) is 3.10. The quantitative estimate of drug-likeness (QED) is 0.833. The summed E-state index contributed by atoms with van der Waals surface area (Å²) >= 11 is 0. The Morgan fingerprint density at radius 2 is 1.36 bits per heavy atom. The molecule has 2 nitrogen and oxygen atoms in total. The molecular weight excluding hydrogens is 270 g/mol. The van der Waals surface area contributed by atoms with Gasteiger partial charge >= 0.3 is 0 Å². The zero-order valence-corrected chi connectivity index (χ0v) is 13.8. The van der Waals surface area contributed by atoms with Gasteiger partial charge in [0.05, 0.1) is 26.1 Å². The second kappa shape index (κ2) is 7.37. The Hall–Kier alpha value is -1.93. The van der Waals surface area contributed by atoms with Crippen molar-refractivity contribution in [2.75, 3.05) is 20.6 Å². The lowest BCUT2D eigenvalue weighted by atomic mass is 9.68. The van der Waals surface area contributed by atoms with Gasteiger partial charge in [0.15, 0.2) is 0 Å². The van der Waals surface area contributed by atoms with Crippen LogP contribution in [-0.4, -0.2) is 26.4 Å². The molecule has 0 fully saturated rings. The highest BCUT2D eigenvalue weighted by Gasteiger charge is 2.40. The predicted octanol–water partition coefficient (Wildman–Crippen LogP) is 2.49. The van der Waals surface area contributed by atoms with E-state index in [0.717, 1.165) is 24.1 Å². The van der Waals surface area contributed by atoms with Gasteiger partial charge in [-0.15, -0.1) is 0 Å². The zero-order valence-electron chi connectivity index (χ0n) is 13.8. The molecule has 0 heterocycles. The minimum absolute atomic E-state index is 0.297. The number of nitrogens with one attached hydrogen (secondary N) is 1. The lowest BCUT2D eigenvalue weighted by Gasteiger charge is -2.33. The molecule has 0 radical (unpaired) electrons. The molecule has 0 aliphatic heterocycles. The highest BCUT2D eigenvalue weighted by atomic mass is 16.1. The largest absolute Gasteiger partial charge is 0.340 e. The van der Waals surface area contributed by atoms with E-state index in [1.807, 2.05) is 43.3 Å². The SMILES string of the molecule is CCC(=O)C(CC[NH+](C)C)(c1ccccc1)c1ccccc1. The number of rotatable bonds is 7. The third kappa shape index (κ3) is 3.28. The molecule has 116 valence electrons. The van der Waals surface area contributed by atoms with E-state index in [-0.39, 0.29) is 0 Å². The number of carbonyl (C=O) groups excluding carboxylic acids is 1. The van der Waals surface area contributed by atoms with Crippen LogP contribution in [0.1, 0.15) is 30.9 Å². The van der Waals surface area contributed by atoms with Gasteiger partial charge in [-0.05, 0) is 11.1 Å². The summed E-state index contributed by atoms with van der Waals surface area (Å²) in [5, 5.41) is 0. The summed E-state index contributed by atoms with van der Waals surface area (Å²) < 4.78 is 0. The van der Waals surface area contributed by atoms with Crippen molar-refractivity contribution in [1.29, 1.82) is 0 Å². The van der Waals surface area contributed by atoms with Crippen molar-refractivity contribution in [3.63, 3.8) is 0 Å². The third-order valence-electron chi connectivity index (χ3n) is 4.33. The van der Waals surface area contributed by atoms with Crippen LogP contribution >= 0.6 is 0 Å². The van der Waals surface area contributed by atoms with E-state index in [4.69, 9.17) is 0 Å². The van der Waals surface area contributed by atoms with Gasteiger partial charge in [-0.25, -0.2) is 0 Å². The Labute approximate surface area is 133 Å². The average Bonchev–Trinajstić information content (AvgIpc) is 2.57. The maximum Gasteiger partial charge on any atom is 0.147 e. The zero-order chi connectivity index (χ0) is 16.0. The van der Waals surface area contributed by atoms with Gasteiger partial charge in [0.25, 0.3) is 0 Å². The van der Waals surface area contributed by atoms with Gasteiger partial charge in [0, 0.05) is 12.8 Å². The molecular formula is C20H26NO+. The summed E-state index contributed by atoms with van der Waals surface area (Å²) in [5.41, 5.74) is 1.68. The van der Waals surface area contributed by atoms with Gasteiger partial charge < -0.3 is 4.90 Å².